The number of aromatic nitrogens is 1. The fourth-order valence-corrected chi connectivity index (χ4v) is 2.27. The van der Waals surface area contributed by atoms with Gasteiger partial charge in [0.05, 0.1) is 11.3 Å². The minimum absolute atomic E-state index is 0.0200. The second-order valence-corrected chi connectivity index (χ2v) is 6.57. The van der Waals surface area contributed by atoms with Crippen LogP contribution in [0.15, 0.2) is 21.8 Å². The lowest BCUT2D eigenvalue weighted by Gasteiger charge is -2.19. The second kappa shape index (κ2) is 6.38. The van der Waals surface area contributed by atoms with Crippen molar-refractivity contribution in [1.29, 1.82) is 0 Å². The predicted molar refractivity (Wildman–Crippen MR) is 75.5 cm³/mol. The monoisotopic (exact) mass is 347 g/mol. The van der Waals surface area contributed by atoms with E-state index in [0.717, 1.165) is 11.8 Å². The van der Waals surface area contributed by atoms with Gasteiger partial charge in [0, 0.05) is 10.7 Å². The first-order valence-corrected chi connectivity index (χ1v) is 7.20. The Morgan fingerprint density at radius 1 is 1.47 bits per heavy atom. The average molecular weight is 348 g/mol. The molecule has 1 N–H and O–H groups in total. The van der Waals surface area contributed by atoms with Gasteiger partial charge < -0.3 is 9.84 Å². The number of hydrogen-bond donors (Lipinski definition) is 1. The summed E-state index contributed by atoms with van der Waals surface area (Å²) in [6.07, 6.45) is 1.49. The van der Waals surface area contributed by atoms with E-state index in [1.165, 1.54) is 12.3 Å². The van der Waals surface area contributed by atoms with Gasteiger partial charge in [0.15, 0.2) is 0 Å². The minimum Gasteiger partial charge on any atom is -0.478 e. The molecular formula is C12H14BrNO4S. The summed E-state index contributed by atoms with van der Waals surface area (Å²) in [5.41, 5.74) is -0.497. The van der Waals surface area contributed by atoms with E-state index in [4.69, 9.17) is 9.84 Å². The van der Waals surface area contributed by atoms with Crippen LogP contribution in [0.2, 0.25) is 0 Å². The molecule has 0 saturated heterocycles. The zero-order valence-electron chi connectivity index (χ0n) is 10.8. The van der Waals surface area contributed by atoms with Crippen LogP contribution in [0.3, 0.4) is 0 Å². The molecule has 7 heteroatoms. The van der Waals surface area contributed by atoms with Gasteiger partial charge in [0.2, 0.25) is 0 Å². The standard InChI is InChI=1S/C12H14BrNO4S/c1-12(2,3)18-9(15)6-19-10-8(11(16)17)4-7(13)5-14-10/h4-5H,6H2,1-3H3,(H,16,17). The van der Waals surface area contributed by atoms with Crippen molar-refractivity contribution in [3.63, 3.8) is 0 Å². The van der Waals surface area contributed by atoms with Gasteiger partial charge in [-0.1, -0.05) is 11.8 Å². The Labute approximate surface area is 123 Å². The summed E-state index contributed by atoms with van der Waals surface area (Å²) >= 11 is 4.20. The summed E-state index contributed by atoms with van der Waals surface area (Å²) in [7, 11) is 0. The smallest absolute Gasteiger partial charge is 0.338 e. The number of thioether (sulfide) groups is 1. The summed E-state index contributed by atoms with van der Waals surface area (Å²) < 4.78 is 5.71. The van der Waals surface area contributed by atoms with Crippen LogP contribution < -0.4 is 0 Å². The molecule has 0 aliphatic carbocycles. The lowest BCUT2D eigenvalue weighted by atomic mass is 10.2. The molecule has 0 aromatic carbocycles. The van der Waals surface area contributed by atoms with Gasteiger partial charge in [-0.25, -0.2) is 9.78 Å². The lowest BCUT2D eigenvalue weighted by Crippen LogP contribution is -2.25. The number of halogens is 1. The highest BCUT2D eigenvalue weighted by atomic mass is 79.9. The normalized spacial score (nSPS) is 11.2. The fourth-order valence-electron chi connectivity index (χ4n) is 1.19. The molecule has 104 valence electrons. The van der Waals surface area contributed by atoms with E-state index >= 15 is 0 Å². The maximum absolute atomic E-state index is 11.6. The number of aromatic carboxylic acids is 1. The third-order valence-corrected chi connectivity index (χ3v) is 3.21. The van der Waals surface area contributed by atoms with E-state index in [0.29, 0.717) is 9.50 Å². The van der Waals surface area contributed by atoms with Crippen LogP contribution in [0.5, 0.6) is 0 Å². The van der Waals surface area contributed by atoms with Gasteiger partial charge >= 0.3 is 11.9 Å². The molecule has 0 atom stereocenters. The molecule has 1 heterocycles. The van der Waals surface area contributed by atoms with E-state index in [1.54, 1.807) is 20.8 Å². The molecule has 1 rings (SSSR count). The van der Waals surface area contributed by atoms with Gasteiger partial charge in [-0.05, 0) is 42.8 Å². The number of carboxylic acids is 1. The number of hydrogen-bond acceptors (Lipinski definition) is 5. The van der Waals surface area contributed by atoms with Crippen LogP contribution in [-0.4, -0.2) is 33.4 Å². The molecular weight excluding hydrogens is 334 g/mol. The Bertz CT molecular complexity index is 499. The topological polar surface area (TPSA) is 76.5 Å². The number of carbonyl (C=O) groups excluding carboxylic acids is 1. The predicted octanol–water partition coefficient (Wildman–Crippen LogP) is 2.98. The van der Waals surface area contributed by atoms with Crippen LogP contribution in [-0.2, 0) is 9.53 Å². The maximum atomic E-state index is 11.6. The molecule has 0 unspecified atom stereocenters. The van der Waals surface area contributed by atoms with Crippen molar-refractivity contribution in [2.75, 3.05) is 5.75 Å². The van der Waals surface area contributed by atoms with Crippen LogP contribution in [0, 0.1) is 0 Å². The highest BCUT2D eigenvalue weighted by Crippen LogP contribution is 2.24. The van der Waals surface area contributed by atoms with Crippen LogP contribution in [0.1, 0.15) is 31.1 Å². The first-order chi connectivity index (χ1) is 8.69. The molecule has 0 saturated carbocycles. The number of nitrogens with zero attached hydrogens (tertiary/aromatic N) is 1. The van der Waals surface area contributed by atoms with Gasteiger partial charge in [0.25, 0.3) is 0 Å². The van der Waals surface area contributed by atoms with Gasteiger partial charge in [0.1, 0.15) is 10.6 Å². The molecule has 0 amide bonds. The summed E-state index contributed by atoms with van der Waals surface area (Å²) in [5, 5.41) is 9.34. The summed E-state index contributed by atoms with van der Waals surface area (Å²) in [6, 6.07) is 1.45. The van der Waals surface area contributed by atoms with Crippen molar-refractivity contribution < 1.29 is 19.4 Å². The highest BCUT2D eigenvalue weighted by molar-refractivity contribution is 9.10. The first kappa shape index (κ1) is 16.0. The van der Waals surface area contributed by atoms with Crippen molar-refractivity contribution >= 4 is 39.6 Å². The Morgan fingerprint density at radius 3 is 2.63 bits per heavy atom. The molecule has 0 radical (unpaired) electrons. The summed E-state index contributed by atoms with van der Waals surface area (Å²) in [5.74, 6) is -1.47. The molecule has 0 bridgehead atoms. The van der Waals surface area contributed by atoms with E-state index in [1.807, 2.05) is 0 Å². The minimum atomic E-state index is -1.08. The molecule has 0 fully saturated rings. The van der Waals surface area contributed by atoms with Gasteiger partial charge in [-0.2, -0.15) is 0 Å². The van der Waals surface area contributed by atoms with Crippen molar-refractivity contribution in [2.24, 2.45) is 0 Å². The van der Waals surface area contributed by atoms with Crippen LogP contribution in [0.4, 0.5) is 0 Å². The number of esters is 1. The van der Waals surface area contributed by atoms with Crippen molar-refractivity contribution in [2.45, 2.75) is 31.4 Å². The van der Waals surface area contributed by atoms with Crippen molar-refractivity contribution in [3.05, 3.63) is 22.3 Å². The summed E-state index contributed by atoms with van der Waals surface area (Å²) in [4.78, 5) is 26.6. The molecule has 19 heavy (non-hydrogen) atoms. The largest absolute Gasteiger partial charge is 0.478 e. The maximum Gasteiger partial charge on any atom is 0.338 e. The fraction of sp³-hybridized carbons (Fsp3) is 0.417. The SMILES string of the molecule is CC(C)(C)OC(=O)CSc1ncc(Br)cc1C(=O)O. The van der Waals surface area contributed by atoms with Crippen LogP contribution >= 0.6 is 27.7 Å². The molecule has 0 spiro atoms. The van der Waals surface area contributed by atoms with E-state index < -0.39 is 17.5 Å². The zero-order valence-corrected chi connectivity index (χ0v) is 13.2. The number of ether oxygens (including phenoxy) is 1. The molecule has 5 nitrogen and oxygen atoms in total. The molecule has 0 aliphatic rings. The Balaban J connectivity index is 2.73. The third-order valence-electron chi connectivity index (χ3n) is 1.79. The highest BCUT2D eigenvalue weighted by Gasteiger charge is 2.18. The Kier molecular flexibility index (Phi) is 5.37. The first-order valence-electron chi connectivity index (χ1n) is 5.42. The number of carbonyl (C=O) groups is 2. The second-order valence-electron chi connectivity index (χ2n) is 4.69. The number of pyridine rings is 1. The van der Waals surface area contributed by atoms with Crippen molar-refractivity contribution in [1.82, 2.24) is 4.98 Å². The quantitative estimate of drug-likeness (QED) is 0.666. The van der Waals surface area contributed by atoms with E-state index in [-0.39, 0.29) is 11.3 Å². The van der Waals surface area contributed by atoms with Gasteiger partial charge in [-0.3, -0.25) is 4.79 Å². The zero-order chi connectivity index (χ0) is 14.6. The van der Waals surface area contributed by atoms with Crippen LogP contribution in [0.25, 0.3) is 0 Å². The summed E-state index contributed by atoms with van der Waals surface area (Å²) in [6.45, 7) is 5.32. The molecule has 1 aromatic heterocycles. The Hall–Kier alpha value is -1.08. The number of carboxylic acid groups (broad SMARTS) is 1. The average Bonchev–Trinajstić information content (AvgIpc) is 2.24. The molecule has 0 aliphatic heterocycles. The van der Waals surface area contributed by atoms with E-state index in [9.17, 15) is 9.59 Å². The lowest BCUT2D eigenvalue weighted by molar-refractivity contribution is -0.151. The van der Waals surface area contributed by atoms with Gasteiger partial charge in [-0.15, -0.1) is 0 Å². The Morgan fingerprint density at radius 2 is 2.11 bits per heavy atom. The van der Waals surface area contributed by atoms with E-state index in [2.05, 4.69) is 20.9 Å². The number of rotatable bonds is 4. The third kappa shape index (κ3) is 5.61. The molecule has 1 aromatic rings. The van der Waals surface area contributed by atoms with Crippen molar-refractivity contribution in [3.8, 4) is 0 Å².